The van der Waals surface area contributed by atoms with Crippen molar-refractivity contribution >= 4 is 17.1 Å². The van der Waals surface area contributed by atoms with E-state index in [1.807, 2.05) is 24.3 Å². The highest BCUT2D eigenvalue weighted by molar-refractivity contribution is 5.74. The molecule has 1 aliphatic heterocycles. The number of aromatic nitrogens is 1. The van der Waals surface area contributed by atoms with Crippen LogP contribution in [0.25, 0.3) is 11.1 Å². The molecule has 4 heteroatoms. The summed E-state index contributed by atoms with van der Waals surface area (Å²) in [6.07, 6.45) is 5.91. The van der Waals surface area contributed by atoms with Crippen molar-refractivity contribution in [2.75, 3.05) is 31.1 Å². The van der Waals surface area contributed by atoms with Crippen LogP contribution in [0, 0.1) is 11.8 Å². The quantitative estimate of drug-likeness (QED) is 0.852. The first kappa shape index (κ1) is 12.9. The maximum atomic E-state index is 5.91. The number of hydrogen-bond acceptors (Lipinski definition) is 4. The van der Waals surface area contributed by atoms with Gasteiger partial charge < -0.3 is 9.32 Å². The Balaban J connectivity index is 1.28. The first-order valence-electron chi connectivity index (χ1n) is 8.71. The molecule has 2 bridgehead atoms. The second-order valence-corrected chi connectivity index (χ2v) is 7.23. The predicted octanol–water partition coefficient (Wildman–Crippen LogP) is 3.14. The Kier molecular flexibility index (Phi) is 2.93. The molecule has 1 aromatic carbocycles. The third-order valence-electron chi connectivity index (χ3n) is 6.04. The minimum Gasteiger partial charge on any atom is -0.423 e. The normalized spacial score (nSPS) is 32.2. The smallest absolute Gasteiger partial charge is 0.298 e. The van der Waals surface area contributed by atoms with Crippen molar-refractivity contribution in [2.24, 2.45) is 11.8 Å². The largest absolute Gasteiger partial charge is 0.423 e. The van der Waals surface area contributed by atoms with Gasteiger partial charge in [-0.2, -0.15) is 4.98 Å². The molecule has 0 spiro atoms. The second-order valence-electron chi connectivity index (χ2n) is 7.23. The van der Waals surface area contributed by atoms with Crippen molar-refractivity contribution in [1.82, 2.24) is 9.88 Å². The molecular weight excluding hydrogens is 274 g/mol. The number of oxazole rings is 1. The van der Waals surface area contributed by atoms with E-state index in [4.69, 9.17) is 4.42 Å². The van der Waals surface area contributed by atoms with Crippen LogP contribution in [0.2, 0.25) is 0 Å². The van der Waals surface area contributed by atoms with Gasteiger partial charge in [0.15, 0.2) is 5.58 Å². The van der Waals surface area contributed by atoms with Crippen LogP contribution >= 0.6 is 0 Å². The number of rotatable bonds is 2. The summed E-state index contributed by atoms with van der Waals surface area (Å²) in [5, 5.41) is 0. The van der Waals surface area contributed by atoms with Crippen LogP contribution in [0.3, 0.4) is 0 Å². The van der Waals surface area contributed by atoms with Crippen LogP contribution in [-0.4, -0.2) is 42.1 Å². The van der Waals surface area contributed by atoms with Gasteiger partial charge in [-0.3, -0.25) is 4.90 Å². The van der Waals surface area contributed by atoms with Crippen molar-refractivity contribution in [3.63, 3.8) is 0 Å². The summed E-state index contributed by atoms with van der Waals surface area (Å²) in [4.78, 5) is 9.69. The van der Waals surface area contributed by atoms with Crippen molar-refractivity contribution in [1.29, 1.82) is 0 Å². The number of fused-ring (bicyclic) bond motifs is 3. The van der Waals surface area contributed by atoms with Crippen molar-refractivity contribution in [3.05, 3.63) is 24.3 Å². The Hall–Kier alpha value is -1.55. The molecule has 2 heterocycles. The standard InChI is InChI=1S/C18H23N3O/c1-2-4-17-15(3-1)19-18(22-17)21-9-7-20(8-10-21)16-12-13-5-6-14(16)11-13/h1-4,13-14,16H,5-12H2. The molecule has 3 atom stereocenters. The van der Waals surface area contributed by atoms with Gasteiger partial charge in [0, 0.05) is 32.2 Å². The van der Waals surface area contributed by atoms with E-state index in [-0.39, 0.29) is 0 Å². The van der Waals surface area contributed by atoms with E-state index in [9.17, 15) is 0 Å². The van der Waals surface area contributed by atoms with E-state index in [1.54, 1.807) is 0 Å². The zero-order valence-corrected chi connectivity index (χ0v) is 12.9. The van der Waals surface area contributed by atoms with Gasteiger partial charge >= 0.3 is 0 Å². The summed E-state index contributed by atoms with van der Waals surface area (Å²) in [5.74, 6) is 2.02. The molecule has 3 fully saturated rings. The molecule has 22 heavy (non-hydrogen) atoms. The third-order valence-corrected chi connectivity index (χ3v) is 6.04. The molecule has 3 unspecified atom stereocenters. The molecule has 1 aromatic heterocycles. The number of anilines is 1. The van der Waals surface area contributed by atoms with Crippen molar-refractivity contribution in [3.8, 4) is 0 Å². The fraction of sp³-hybridized carbons (Fsp3) is 0.611. The van der Waals surface area contributed by atoms with Crippen LogP contribution in [-0.2, 0) is 0 Å². The van der Waals surface area contributed by atoms with E-state index in [1.165, 1.54) is 25.7 Å². The number of benzene rings is 1. The van der Waals surface area contributed by atoms with Crippen molar-refractivity contribution < 1.29 is 4.42 Å². The summed E-state index contributed by atoms with van der Waals surface area (Å²) in [5.41, 5.74) is 1.86. The van der Waals surface area contributed by atoms with Crippen LogP contribution in [0.1, 0.15) is 25.7 Å². The van der Waals surface area contributed by atoms with Gasteiger partial charge in [-0.25, -0.2) is 0 Å². The molecule has 0 N–H and O–H groups in total. The number of nitrogens with zero attached hydrogens (tertiary/aromatic N) is 3. The molecular formula is C18H23N3O. The maximum absolute atomic E-state index is 5.91. The lowest BCUT2D eigenvalue weighted by Crippen LogP contribution is -2.51. The Bertz CT molecular complexity index is 641. The molecule has 116 valence electrons. The second kappa shape index (κ2) is 4.98. The van der Waals surface area contributed by atoms with E-state index in [0.717, 1.165) is 61.2 Å². The molecule has 2 aromatic rings. The molecule has 0 radical (unpaired) electrons. The molecule has 2 saturated carbocycles. The summed E-state index contributed by atoms with van der Waals surface area (Å²) < 4.78 is 5.91. The van der Waals surface area contributed by atoms with Crippen molar-refractivity contribution in [2.45, 2.75) is 31.7 Å². The van der Waals surface area contributed by atoms with E-state index >= 15 is 0 Å². The summed E-state index contributed by atoms with van der Waals surface area (Å²) in [6.45, 7) is 4.40. The van der Waals surface area contributed by atoms with Gasteiger partial charge in [-0.05, 0) is 43.2 Å². The fourth-order valence-electron chi connectivity index (χ4n) is 4.90. The molecule has 5 rings (SSSR count). The van der Waals surface area contributed by atoms with E-state index in [0.29, 0.717) is 0 Å². The van der Waals surface area contributed by atoms with Gasteiger partial charge in [0.1, 0.15) is 5.52 Å². The molecule has 2 aliphatic carbocycles. The Labute approximate surface area is 131 Å². The Morgan fingerprint density at radius 3 is 2.59 bits per heavy atom. The lowest BCUT2D eigenvalue weighted by Gasteiger charge is -2.40. The zero-order valence-electron chi connectivity index (χ0n) is 12.9. The highest BCUT2D eigenvalue weighted by atomic mass is 16.4. The molecule has 3 aliphatic rings. The minimum atomic E-state index is 0.800. The fourth-order valence-corrected chi connectivity index (χ4v) is 4.90. The highest BCUT2D eigenvalue weighted by Crippen LogP contribution is 2.46. The Morgan fingerprint density at radius 2 is 1.86 bits per heavy atom. The van der Waals surface area contributed by atoms with Crippen LogP contribution < -0.4 is 4.90 Å². The number of para-hydroxylation sites is 2. The molecule has 1 saturated heterocycles. The van der Waals surface area contributed by atoms with E-state index in [2.05, 4.69) is 14.8 Å². The first-order valence-corrected chi connectivity index (χ1v) is 8.71. The predicted molar refractivity (Wildman–Crippen MR) is 87.0 cm³/mol. The molecule has 4 nitrogen and oxygen atoms in total. The average molecular weight is 297 g/mol. The third kappa shape index (κ3) is 2.04. The first-order chi connectivity index (χ1) is 10.9. The lowest BCUT2D eigenvalue weighted by molar-refractivity contribution is 0.133. The van der Waals surface area contributed by atoms with Crippen LogP contribution in [0.4, 0.5) is 6.01 Å². The summed E-state index contributed by atoms with van der Waals surface area (Å²) >= 11 is 0. The highest BCUT2D eigenvalue weighted by Gasteiger charge is 2.42. The summed E-state index contributed by atoms with van der Waals surface area (Å²) in [7, 11) is 0. The molecule has 0 amide bonds. The SMILES string of the molecule is c1ccc2oc(N3CCN(C4CC5CCC4C5)CC3)nc2c1. The van der Waals surface area contributed by atoms with Crippen LogP contribution in [0.5, 0.6) is 0 Å². The van der Waals surface area contributed by atoms with Gasteiger partial charge in [-0.1, -0.05) is 18.6 Å². The number of hydrogen-bond donors (Lipinski definition) is 0. The monoisotopic (exact) mass is 297 g/mol. The van der Waals surface area contributed by atoms with Crippen LogP contribution in [0.15, 0.2) is 28.7 Å². The zero-order chi connectivity index (χ0) is 14.5. The average Bonchev–Trinajstić information content (AvgIpc) is 3.29. The lowest BCUT2D eigenvalue weighted by atomic mass is 9.93. The summed E-state index contributed by atoms with van der Waals surface area (Å²) in [6, 6.07) is 9.70. The maximum Gasteiger partial charge on any atom is 0.298 e. The topological polar surface area (TPSA) is 32.5 Å². The van der Waals surface area contributed by atoms with E-state index < -0.39 is 0 Å². The Morgan fingerprint density at radius 1 is 1.00 bits per heavy atom. The minimum absolute atomic E-state index is 0.800. The van der Waals surface area contributed by atoms with Gasteiger partial charge in [0.05, 0.1) is 0 Å². The number of piperazine rings is 1. The van der Waals surface area contributed by atoms with Gasteiger partial charge in [-0.15, -0.1) is 0 Å². The van der Waals surface area contributed by atoms with Gasteiger partial charge in [0.25, 0.3) is 6.01 Å². The van der Waals surface area contributed by atoms with Gasteiger partial charge in [0.2, 0.25) is 0 Å².